The number of benzene rings is 2. The maximum atomic E-state index is 13.7. The van der Waals surface area contributed by atoms with Crippen molar-refractivity contribution in [1.82, 2.24) is 9.78 Å². The van der Waals surface area contributed by atoms with Crippen molar-refractivity contribution in [3.05, 3.63) is 64.3 Å². The van der Waals surface area contributed by atoms with E-state index in [9.17, 15) is 21.6 Å². The van der Waals surface area contributed by atoms with Crippen LogP contribution in [0.5, 0.6) is 0 Å². The lowest BCUT2D eigenvalue weighted by atomic mass is 9.85. The maximum Gasteiger partial charge on any atom is 0.435 e. The average molecular weight is 421 g/mol. The predicted octanol–water partition coefficient (Wildman–Crippen LogP) is 3.92. The number of primary sulfonamides is 1. The van der Waals surface area contributed by atoms with E-state index in [1.54, 1.807) is 0 Å². The van der Waals surface area contributed by atoms with Gasteiger partial charge in [0.25, 0.3) is 0 Å². The summed E-state index contributed by atoms with van der Waals surface area (Å²) in [6, 6.07) is 9.22. The van der Waals surface area contributed by atoms with Crippen molar-refractivity contribution in [2.45, 2.75) is 37.8 Å². The second-order valence-corrected chi connectivity index (χ2v) is 8.79. The third-order valence-electron chi connectivity index (χ3n) is 5.16. The normalized spacial score (nSPS) is 13.9. The highest BCUT2D eigenvalue weighted by molar-refractivity contribution is 7.89. The van der Waals surface area contributed by atoms with Gasteiger partial charge in [-0.15, -0.1) is 0 Å². The molecule has 1 aromatic heterocycles. The first-order valence-corrected chi connectivity index (χ1v) is 10.4. The molecule has 2 N–H and O–H groups in total. The lowest BCUT2D eigenvalue weighted by Crippen LogP contribution is -2.12. The molecule has 0 bridgehead atoms. The molecule has 0 fully saturated rings. The molecule has 0 amide bonds. The quantitative estimate of drug-likeness (QED) is 0.681. The van der Waals surface area contributed by atoms with E-state index in [4.69, 9.17) is 5.14 Å². The topological polar surface area (TPSA) is 78.0 Å². The minimum Gasteiger partial charge on any atom is -0.232 e. The van der Waals surface area contributed by atoms with Gasteiger partial charge in [0.05, 0.1) is 16.3 Å². The lowest BCUT2D eigenvalue weighted by molar-refractivity contribution is -0.141. The fourth-order valence-corrected chi connectivity index (χ4v) is 4.46. The number of alkyl halides is 3. The Morgan fingerprint density at radius 3 is 2.24 bits per heavy atom. The second-order valence-electron chi connectivity index (χ2n) is 7.23. The van der Waals surface area contributed by atoms with Crippen LogP contribution in [0, 0.1) is 13.8 Å². The number of aromatic nitrogens is 2. The molecule has 0 unspecified atom stereocenters. The molecule has 0 saturated carbocycles. The fraction of sp³-hybridized carbons (Fsp3) is 0.250. The van der Waals surface area contributed by atoms with E-state index in [2.05, 4.69) is 5.10 Å². The Morgan fingerprint density at radius 2 is 1.66 bits per heavy atom. The number of aryl methyl sites for hydroxylation is 2. The number of sulfonamides is 1. The number of fused-ring (bicyclic) bond motifs is 3. The first-order chi connectivity index (χ1) is 13.5. The van der Waals surface area contributed by atoms with E-state index in [1.807, 2.05) is 26.0 Å². The summed E-state index contributed by atoms with van der Waals surface area (Å²) < 4.78 is 65.3. The van der Waals surface area contributed by atoms with Crippen LogP contribution in [0.3, 0.4) is 0 Å². The largest absolute Gasteiger partial charge is 0.435 e. The molecule has 9 heteroatoms. The molecule has 1 aliphatic carbocycles. The summed E-state index contributed by atoms with van der Waals surface area (Å²) in [7, 11) is -3.91. The number of rotatable bonds is 2. The highest BCUT2D eigenvalue weighted by Gasteiger charge is 2.41. The summed E-state index contributed by atoms with van der Waals surface area (Å²) in [5.74, 6) is 0. The summed E-state index contributed by atoms with van der Waals surface area (Å²) in [6.07, 6.45) is -3.85. The van der Waals surface area contributed by atoms with Crippen LogP contribution in [0.2, 0.25) is 0 Å². The predicted molar refractivity (Wildman–Crippen MR) is 102 cm³/mol. The summed E-state index contributed by atoms with van der Waals surface area (Å²) in [6.45, 7) is 3.84. The Morgan fingerprint density at radius 1 is 1.03 bits per heavy atom. The van der Waals surface area contributed by atoms with Gasteiger partial charge in [-0.25, -0.2) is 18.2 Å². The van der Waals surface area contributed by atoms with Gasteiger partial charge in [-0.05, 0) is 68.1 Å². The van der Waals surface area contributed by atoms with Crippen LogP contribution in [0.25, 0.3) is 16.9 Å². The minimum atomic E-state index is -4.59. The molecule has 1 aliphatic rings. The smallest absolute Gasteiger partial charge is 0.232 e. The zero-order valence-electron chi connectivity index (χ0n) is 15.7. The van der Waals surface area contributed by atoms with Gasteiger partial charge >= 0.3 is 6.18 Å². The van der Waals surface area contributed by atoms with E-state index in [0.717, 1.165) is 22.3 Å². The van der Waals surface area contributed by atoms with Crippen molar-refractivity contribution in [2.24, 2.45) is 5.14 Å². The van der Waals surface area contributed by atoms with Gasteiger partial charge < -0.3 is 0 Å². The van der Waals surface area contributed by atoms with Crippen LogP contribution in [-0.2, 0) is 29.0 Å². The number of nitrogens with zero attached hydrogens (tertiary/aromatic N) is 2. The molecular weight excluding hydrogens is 403 g/mol. The monoisotopic (exact) mass is 421 g/mol. The molecule has 0 radical (unpaired) electrons. The van der Waals surface area contributed by atoms with E-state index >= 15 is 0 Å². The van der Waals surface area contributed by atoms with Crippen molar-refractivity contribution in [2.75, 3.05) is 0 Å². The Balaban J connectivity index is 2.00. The minimum absolute atomic E-state index is 0.120. The summed E-state index contributed by atoms with van der Waals surface area (Å²) in [4.78, 5) is -0.120. The van der Waals surface area contributed by atoms with Gasteiger partial charge in [0.1, 0.15) is 0 Å². The van der Waals surface area contributed by atoms with Crippen molar-refractivity contribution in [1.29, 1.82) is 0 Å². The van der Waals surface area contributed by atoms with Crippen LogP contribution in [0.1, 0.15) is 27.9 Å². The molecule has 0 saturated heterocycles. The first kappa shape index (κ1) is 19.7. The second kappa shape index (κ2) is 6.43. The van der Waals surface area contributed by atoms with Crippen molar-refractivity contribution >= 4 is 10.0 Å². The number of halogens is 3. The van der Waals surface area contributed by atoms with E-state index in [-0.39, 0.29) is 16.9 Å². The fourth-order valence-electron chi connectivity index (χ4n) is 3.95. The molecule has 0 spiro atoms. The molecule has 0 atom stereocenters. The van der Waals surface area contributed by atoms with Gasteiger partial charge in [-0.2, -0.15) is 18.3 Å². The lowest BCUT2D eigenvalue weighted by Gasteiger charge is -2.22. The van der Waals surface area contributed by atoms with Gasteiger partial charge in [0, 0.05) is 11.1 Å². The number of nitrogens with two attached hydrogens (primary N) is 1. The van der Waals surface area contributed by atoms with Crippen LogP contribution >= 0.6 is 0 Å². The third-order valence-corrected chi connectivity index (χ3v) is 6.09. The Kier molecular flexibility index (Phi) is 4.36. The third kappa shape index (κ3) is 3.34. The van der Waals surface area contributed by atoms with Crippen LogP contribution < -0.4 is 5.14 Å². The Bertz CT molecular complexity index is 1230. The molecule has 4 rings (SSSR count). The number of hydrogen-bond acceptors (Lipinski definition) is 3. The highest BCUT2D eigenvalue weighted by Crippen LogP contribution is 2.43. The van der Waals surface area contributed by atoms with E-state index < -0.39 is 21.9 Å². The summed E-state index contributed by atoms with van der Waals surface area (Å²) in [5, 5.41) is 9.01. The Labute approximate surface area is 166 Å². The molecule has 5 nitrogen and oxygen atoms in total. The van der Waals surface area contributed by atoms with Gasteiger partial charge in [0.15, 0.2) is 5.69 Å². The molecule has 29 heavy (non-hydrogen) atoms. The van der Waals surface area contributed by atoms with Crippen molar-refractivity contribution < 1.29 is 21.6 Å². The SMILES string of the molecule is Cc1cc(C)c2c(c1)-c1c(c(C(F)(F)F)nn1-c1ccc(S(N)(=O)=O)cc1)CC2. The van der Waals surface area contributed by atoms with Crippen LogP contribution in [0.15, 0.2) is 41.3 Å². The number of hydrogen-bond donors (Lipinski definition) is 1. The van der Waals surface area contributed by atoms with Crippen LogP contribution in [-0.4, -0.2) is 18.2 Å². The zero-order chi connectivity index (χ0) is 21.1. The van der Waals surface area contributed by atoms with Crippen LogP contribution in [0.4, 0.5) is 13.2 Å². The molecule has 3 aromatic rings. The summed E-state index contributed by atoms with van der Waals surface area (Å²) in [5.41, 5.74) is 3.67. The van der Waals surface area contributed by atoms with Crippen molar-refractivity contribution in [3.63, 3.8) is 0 Å². The molecule has 1 heterocycles. The van der Waals surface area contributed by atoms with Gasteiger partial charge in [0.2, 0.25) is 10.0 Å². The molecule has 152 valence electrons. The van der Waals surface area contributed by atoms with Crippen molar-refractivity contribution in [3.8, 4) is 16.9 Å². The zero-order valence-corrected chi connectivity index (χ0v) is 16.5. The van der Waals surface area contributed by atoms with Gasteiger partial charge in [-0.3, -0.25) is 0 Å². The van der Waals surface area contributed by atoms with E-state index in [1.165, 1.54) is 28.9 Å². The Hall–Kier alpha value is -2.65. The van der Waals surface area contributed by atoms with Gasteiger partial charge in [-0.1, -0.05) is 11.6 Å². The van der Waals surface area contributed by atoms with E-state index in [0.29, 0.717) is 17.8 Å². The molecular formula is C20H18F3N3O2S. The summed E-state index contributed by atoms with van der Waals surface area (Å²) >= 11 is 0. The molecule has 0 aliphatic heterocycles. The average Bonchev–Trinajstić information content (AvgIpc) is 3.01. The molecule has 2 aromatic carbocycles. The maximum absolute atomic E-state index is 13.7. The first-order valence-electron chi connectivity index (χ1n) is 8.89. The highest BCUT2D eigenvalue weighted by atomic mass is 32.2. The standard InChI is InChI=1S/C20H18F3N3O2S/c1-11-9-12(2)15-7-8-16-18(17(15)10-11)26(25-19(16)20(21,22)23)13-3-5-14(6-4-13)29(24,27)28/h3-6,9-10H,7-8H2,1-2H3,(H2,24,27,28).